The normalized spacial score (nSPS) is 18.3. The van der Waals surface area contributed by atoms with E-state index in [-0.39, 0.29) is 6.10 Å². The monoisotopic (exact) mass is 338 g/mol. The SMILES string of the molecule is COC(=O)C(Cl)Cc1ccc(OC(C)C2CCC(=O)CC2)cc1. The summed E-state index contributed by atoms with van der Waals surface area (Å²) in [5, 5.41) is -0.675. The van der Waals surface area contributed by atoms with Gasteiger partial charge in [-0.2, -0.15) is 0 Å². The number of esters is 1. The second-order valence-electron chi connectivity index (χ2n) is 6.04. The second-order valence-corrected chi connectivity index (χ2v) is 6.56. The van der Waals surface area contributed by atoms with Crippen LogP contribution in [0.15, 0.2) is 24.3 Å². The molecule has 0 N–H and O–H groups in total. The molecule has 0 saturated heterocycles. The van der Waals surface area contributed by atoms with Crippen molar-refractivity contribution < 1.29 is 19.1 Å². The second kappa shape index (κ2) is 8.34. The summed E-state index contributed by atoms with van der Waals surface area (Å²) in [5.41, 5.74) is 0.957. The van der Waals surface area contributed by atoms with Crippen LogP contribution in [0.3, 0.4) is 0 Å². The van der Waals surface area contributed by atoms with Crippen LogP contribution in [0, 0.1) is 5.92 Å². The van der Waals surface area contributed by atoms with Gasteiger partial charge >= 0.3 is 5.97 Å². The van der Waals surface area contributed by atoms with E-state index in [9.17, 15) is 9.59 Å². The Hall–Kier alpha value is -1.55. The first kappa shape index (κ1) is 17.8. The van der Waals surface area contributed by atoms with Gasteiger partial charge in [-0.05, 0) is 49.8 Å². The first-order valence-corrected chi connectivity index (χ1v) is 8.42. The topological polar surface area (TPSA) is 52.6 Å². The van der Waals surface area contributed by atoms with Crippen molar-refractivity contribution in [3.8, 4) is 5.75 Å². The molecule has 5 heteroatoms. The lowest BCUT2D eigenvalue weighted by Crippen LogP contribution is -2.28. The number of ether oxygens (including phenoxy) is 2. The van der Waals surface area contributed by atoms with Gasteiger partial charge in [0, 0.05) is 12.8 Å². The van der Waals surface area contributed by atoms with E-state index in [1.54, 1.807) is 0 Å². The van der Waals surface area contributed by atoms with Gasteiger partial charge in [0.15, 0.2) is 0 Å². The van der Waals surface area contributed by atoms with Crippen molar-refractivity contribution >= 4 is 23.4 Å². The Balaban J connectivity index is 1.87. The van der Waals surface area contributed by atoms with E-state index in [0.29, 0.717) is 31.0 Å². The Bertz CT molecular complexity index is 530. The van der Waals surface area contributed by atoms with E-state index >= 15 is 0 Å². The average molecular weight is 339 g/mol. The van der Waals surface area contributed by atoms with E-state index in [1.165, 1.54) is 7.11 Å². The van der Waals surface area contributed by atoms with Crippen molar-refractivity contribution in [2.75, 3.05) is 7.11 Å². The molecule has 0 aromatic heterocycles. The van der Waals surface area contributed by atoms with Gasteiger partial charge in [0.25, 0.3) is 0 Å². The summed E-state index contributed by atoms with van der Waals surface area (Å²) in [6.07, 6.45) is 3.67. The van der Waals surface area contributed by atoms with Crippen LogP contribution in [-0.2, 0) is 20.7 Å². The van der Waals surface area contributed by atoms with Crippen LogP contribution in [0.1, 0.15) is 38.2 Å². The van der Waals surface area contributed by atoms with Crippen LogP contribution in [0.2, 0.25) is 0 Å². The third kappa shape index (κ3) is 5.24. The molecule has 0 heterocycles. The summed E-state index contributed by atoms with van der Waals surface area (Å²) in [4.78, 5) is 22.6. The Labute approximate surface area is 142 Å². The number of rotatable bonds is 6. The molecule has 0 radical (unpaired) electrons. The molecule has 0 bridgehead atoms. The maximum absolute atomic E-state index is 11.3. The molecule has 1 fully saturated rings. The van der Waals surface area contributed by atoms with Gasteiger partial charge in [-0.3, -0.25) is 9.59 Å². The Morgan fingerprint density at radius 1 is 1.26 bits per heavy atom. The van der Waals surface area contributed by atoms with E-state index in [0.717, 1.165) is 24.2 Å². The summed E-state index contributed by atoms with van der Waals surface area (Å²) >= 11 is 5.97. The largest absolute Gasteiger partial charge is 0.490 e. The smallest absolute Gasteiger partial charge is 0.324 e. The molecule has 1 aliphatic rings. The number of Topliss-reactive ketones (excluding diaryl/α,β-unsaturated/α-hetero) is 1. The van der Waals surface area contributed by atoms with Gasteiger partial charge in [-0.25, -0.2) is 0 Å². The predicted octanol–water partition coefficient (Wildman–Crippen LogP) is 3.54. The van der Waals surface area contributed by atoms with E-state index < -0.39 is 11.3 Å². The lowest BCUT2D eigenvalue weighted by Gasteiger charge is -2.27. The Kier molecular flexibility index (Phi) is 6.46. The fourth-order valence-corrected chi connectivity index (χ4v) is 3.13. The number of methoxy groups -OCH3 is 1. The fourth-order valence-electron chi connectivity index (χ4n) is 2.86. The summed E-state index contributed by atoms with van der Waals surface area (Å²) < 4.78 is 10.6. The number of carbonyl (C=O) groups excluding carboxylic acids is 2. The summed E-state index contributed by atoms with van der Waals surface area (Å²) in [5.74, 6) is 1.16. The van der Waals surface area contributed by atoms with Gasteiger partial charge in [-0.15, -0.1) is 11.6 Å². The number of halogens is 1. The molecule has 126 valence electrons. The molecule has 0 amide bonds. The highest BCUT2D eigenvalue weighted by atomic mass is 35.5. The molecule has 1 saturated carbocycles. The molecule has 0 spiro atoms. The van der Waals surface area contributed by atoms with Gasteiger partial charge in [0.1, 0.15) is 16.9 Å². The van der Waals surface area contributed by atoms with Crippen LogP contribution in [0.25, 0.3) is 0 Å². The van der Waals surface area contributed by atoms with Gasteiger partial charge in [0.05, 0.1) is 13.2 Å². The highest BCUT2D eigenvalue weighted by molar-refractivity contribution is 6.30. The van der Waals surface area contributed by atoms with Gasteiger partial charge < -0.3 is 9.47 Å². The molecule has 1 aliphatic carbocycles. The molecule has 23 heavy (non-hydrogen) atoms. The molecule has 1 aromatic rings. The molecular weight excluding hydrogens is 316 g/mol. The van der Waals surface area contributed by atoms with Crippen LogP contribution in [0.4, 0.5) is 0 Å². The molecule has 2 atom stereocenters. The van der Waals surface area contributed by atoms with Crippen molar-refractivity contribution in [1.82, 2.24) is 0 Å². The van der Waals surface area contributed by atoms with Crippen molar-refractivity contribution in [2.24, 2.45) is 5.92 Å². The number of carbonyl (C=O) groups is 2. The van der Waals surface area contributed by atoms with E-state index in [1.807, 2.05) is 24.3 Å². The minimum Gasteiger partial charge on any atom is -0.490 e. The number of benzene rings is 1. The average Bonchev–Trinajstić information content (AvgIpc) is 2.56. The van der Waals surface area contributed by atoms with Gasteiger partial charge in [0.2, 0.25) is 0 Å². The molecular formula is C18H23ClO4. The van der Waals surface area contributed by atoms with E-state index in [2.05, 4.69) is 11.7 Å². The molecule has 2 rings (SSSR count). The minimum atomic E-state index is -0.675. The lowest BCUT2D eigenvalue weighted by atomic mass is 9.85. The zero-order valence-electron chi connectivity index (χ0n) is 13.6. The first-order valence-electron chi connectivity index (χ1n) is 7.98. The third-order valence-electron chi connectivity index (χ3n) is 4.37. The molecule has 4 nitrogen and oxygen atoms in total. The Morgan fingerprint density at radius 2 is 1.87 bits per heavy atom. The zero-order chi connectivity index (χ0) is 16.8. The minimum absolute atomic E-state index is 0.0878. The molecule has 0 aliphatic heterocycles. The predicted molar refractivity (Wildman–Crippen MR) is 88.9 cm³/mol. The first-order chi connectivity index (χ1) is 11.0. The summed E-state index contributed by atoms with van der Waals surface area (Å²) in [6, 6.07) is 7.59. The third-order valence-corrected chi connectivity index (χ3v) is 4.70. The standard InChI is InChI=1S/C18H23ClO4/c1-12(14-5-7-15(20)8-6-14)23-16-9-3-13(4-10-16)11-17(19)18(21)22-2/h3-4,9-10,12,14,17H,5-8,11H2,1-2H3. The maximum Gasteiger partial charge on any atom is 0.324 e. The highest BCUT2D eigenvalue weighted by Crippen LogP contribution is 2.27. The highest BCUT2D eigenvalue weighted by Gasteiger charge is 2.25. The number of ketones is 1. The fraction of sp³-hybridized carbons (Fsp3) is 0.556. The summed E-state index contributed by atoms with van der Waals surface area (Å²) in [7, 11) is 1.33. The van der Waals surface area contributed by atoms with Crippen molar-refractivity contribution in [1.29, 1.82) is 0 Å². The van der Waals surface area contributed by atoms with Crippen LogP contribution < -0.4 is 4.74 Å². The van der Waals surface area contributed by atoms with Crippen molar-refractivity contribution in [3.05, 3.63) is 29.8 Å². The summed E-state index contributed by atoms with van der Waals surface area (Å²) in [6.45, 7) is 2.06. The van der Waals surface area contributed by atoms with Crippen molar-refractivity contribution in [3.63, 3.8) is 0 Å². The van der Waals surface area contributed by atoms with Crippen LogP contribution in [0.5, 0.6) is 5.75 Å². The zero-order valence-corrected chi connectivity index (χ0v) is 14.3. The Morgan fingerprint density at radius 3 is 2.43 bits per heavy atom. The van der Waals surface area contributed by atoms with Crippen molar-refractivity contribution in [2.45, 2.75) is 50.5 Å². The van der Waals surface area contributed by atoms with E-state index in [4.69, 9.17) is 16.3 Å². The maximum atomic E-state index is 11.3. The number of hydrogen-bond acceptors (Lipinski definition) is 4. The lowest BCUT2D eigenvalue weighted by molar-refractivity contribution is -0.140. The molecule has 1 aromatic carbocycles. The van der Waals surface area contributed by atoms with Crippen LogP contribution >= 0.6 is 11.6 Å². The van der Waals surface area contributed by atoms with Crippen LogP contribution in [-0.4, -0.2) is 30.3 Å². The number of hydrogen-bond donors (Lipinski definition) is 0. The molecule has 2 unspecified atom stereocenters. The number of alkyl halides is 1. The quantitative estimate of drug-likeness (QED) is 0.588. The van der Waals surface area contributed by atoms with Gasteiger partial charge in [-0.1, -0.05) is 12.1 Å².